The fraction of sp³-hybridized carbons (Fsp3) is 0.562. The fourth-order valence-electron chi connectivity index (χ4n) is 2.92. The fourth-order valence-corrected chi connectivity index (χ4v) is 2.92. The second-order valence-corrected chi connectivity index (χ2v) is 5.38. The van der Waals surface area contributed by atoms with Crippen molar-refractivity contribution in [1.29, 1.82) is 0 Å². The zero-order valence-corrected chi connectivity index (χ0v) is 13.0. The Morgan fingerprint density at radius 2 is 1.64 bits per heavy atom. The lowest BCUT2D eigenvalue weighted by Crippen LogP contribution is -2.27. The van der Waals surface area contributed by atoms with Crippen LogP contribution in [0, 0.1) is 0 Å². The topological polar surface area (TPSA) is 72.9 Å². The number of nitrogens with zero attached hydrogens (tertiary/aromatic N) is 1. The molecule has 1 aliphatic carbocycles. The molecule has 0 N–H and O–H groups in total. The summed E-state index contributed by atoms with van der Waals surface area (Å²) in [6.45, 7) is 1.69. The minimum absolute atomic E-state index is 0.000880. The van der Waals surface area contributed by atoms with Crippen molar-refractivity contribution >= 4 is 17.7 Å². The van der Waals surface area contributed by atoms with E-state index in [0.29, 0.717) is 19.3 Å². The van der Waals surface area contributed by atoms with Gasteiger partial charge in [0.15, 0.2) is 5.78 Å². The van der Waals surface area contributed by atoms with Crippen molar-refractivity contribution in [2.45, 2.75) is 32.1 Å². The number of ether oxygens (including phenoxy) is 2. The van der Waals surface area contributed by atoms with E-state index in [1.165, 1.54) is 20.3 Å². The van der Waals surface area contributed by atoms with Crippen molar-refractivity contribution in [3.63, 3.8) is 0 Å². The van der Waals surface area contributed by atoms with Gasteiger partial charge in [0.1, 0.15) is 0 Å². The molecule has 0 aromatic rings. The molecule has 6 nitrogen and oxygen atoms in total. The van der Waals surface area contributed by atoms with Crippen LogP contribution in [0.4, 0.5) is 0 Å². The average molecular weight is 307 g/mol. The molecule has 1 fully saturated rings. The molecule has 1 saturated heterocycles. The molecular weight excluding hydrogens is 286 g/mol. The molecule has 0 spiro atoms. The van der Waals surface area contributed by atoms with E-state index in [4.69, 9.17) is 9.47 Å². The van der Waals surface area contributed by atoms with Crippen molar-refractivity contribution in [1.82, 2.24) is 4.90 Å². The number of ketones is 1. The summed E-state index contributed by atoms with van der Waals surface area (Å²) < 4.78 is 9.60. The van der Waals surface area contributed by atoms with Crippen LogP contribution in [0.25, 0.3) is 0 Å². The number of esters is 2. The van der Waals surface area contributed by atoms with Crippen LogP contribution < -0.4 is 0 Å². The summed E-state index contributed by atoms with van der Waals surface area (Å²) in [6.07, 6.45) is 4.89. The summed E-state index contributed by atoms with van der Waals surface area (Å²) in [5, 5.41) is 0. The van der Waals surface area contributed by atoms with Gasteiger partial charge in [0.2, 0.25) is 0 Å². The molecule has 0 aromatic heterocycles. The number of carbonyl (C=O) groups is 3. The smallest absolute Gasteiger partial charge is 0.340 e. The Labute approximate surface area is 129 Å². The van der Waals surface area contributed by atoms with E-state index in [2.05, 4.69) is 4.90 Å². The number of allylic oxidation sites excluding steroid dienone is 2. The van der Waals surface area contributed by atoms with Gasteiger partial charge in [-0.05, 0) is 31.8 Å². The number of likely N-dealkylation sites (tertiary alicyclic amines) is 1. The molecule has 0 atom stereocenters. The molecule has 0 unspecified atom stereocenters. The van der Waals surface area contributed by atoms with Crippen LogP contribution >= 0.6 is 0 Å². The summed E-state index contributed by atoms with van der Waals surface area (Å²) in [5.74, 6) is -1.47. The van der Waals surface area contributed by atoms with Crippen LogP contribution in [-0.4, -0.2) is 49.9 Å². The predicted octanol–water partition coefficient (Wildman–Crippen LogP) is 1.36. The average Bonchev–Trinajstić information content (AvgIpc) is 3.03. The first kappa shape index (κ1) is 16.3. The zero-order chi connectivity index (χ0) is 16.1. The van der Waals surface area contributed by atoms with E-state index < -0.39 is 11.9 Å². The van der Waals surface area contributed by atoms with Crippen LogP contribution in [-0.2, 0) is 23.9 Å². The molecule has 6 heteroatoms. The van der Waals surface area contributed by atoms with Crippen LogP contribution in [0.15, 0.2) is 22.9 Å². The minimum atomic E-state index is -0.688. The molecule has 0 saturated carbocycles. The monoisotopic (exact) mass is 307 g/mol. The lowest BCUT2D eigenvalue weighted by molar-refractivity contribution is -0.139. The first-order valence-electron chi connectivity index (χ1n) is 7.48. The Morgan fingerprint density at radius 3 is 2.23 bits per heavy atom. The largest absolute Gasteiger partial charge is 0.465 e. The summed E-state index contributed by atoms with van der Waals surface area (Å²) in [5.41, 5.74) is 0.957. The summed E-state index contributed by atoms with van der Waals surface area (Å²) in [6, 6.07) is 0. The lowest BCUT2D eigenvalue weighted by atomic mass is 9.94. The van der Waals surface area contributed by atoms with Gasteiger partial charge in [-0.1, -0.05) is 0 Å². The first-order valence-corrected chi connectivity index (χ1v) is 7.48. The molecule has 0 aromatic carbocycles. The third-order valence-electron chi connectivity index (χ3n) is 3.98. The SMILES string of the molecule is COC(=O)C1=C(\N2CCCC2)CCCC(=O)/C=C\1C(=O)OC. The molecule has 120 valence electrons. The van der Waals surface area contributed by atoms with Gasteiger partial charge in [0, 0.05) is 25.2 Å². The van der Waals surface area contributed by atoms with E-state index in [9.17, 15) is 14.4 Å². The van der Waals surface area contributed by atoms with E-state index in [1.807, 2.05) is 0 Å². The van der Waals surface area contributed by atoms with Gasteiger partial charge in [-0.25, -0.2) is 9.59 Å². The summed E-state index contributed by atoms with van der Waals surface area (Å²) in [4.78, 5) is 38.3. The second-order valence-electron chi connectivity index (χ2n) is 5.38. The Balaban J connectivity index is 2.58. The second kappa shape index (κ2) is 7.24. The molecule has 22 heavy (non-hydrogen) atoms. The maximum absolute atomic E-state index is 12.3. The van der Waals surface area contributed by atoms with Gasteiger partial charge in [-0.3, -0.25) is 4.79 Å². The summed E-state index contributed by atoms with van der Waals surface area (Å²) >= 11 is 0. The third kappa shape index (κ3) is 3.37. The third-order valence-corrected chi connectivity index (χ3v) is 3.98. The number of methoxy groups -OCH3 is 2. The molecule has 0 radical (unpaired) electrons. The van der Waals surface area contributed by atoms with E-state index in [0.717, 1.165) is 31.6 Å². The number of carbonyl (C=O) groups excluding carboxylic acids is 3. The van der Waals surface area contributed by atoms with Gasteiger partial charge in [0.05, 0.1) is 25.4 Å². The number of rotatable bonds is 3. The van der Waals surface area contributed by atoms with Crippen molar-refractivity contribution in [3.8, 4) is 0 Å². The summed E-state index contributed by atoms with van der Waals surface area (Å²) in [7, 11) is 2.50. The molecule has 1 aliphatic heterocycles. The standard InChI is InChI=1S/C16H21NO5/c1-21-15(19)12-10-11(18)6-5-7-13(14(12)16(20)22-2)17-8-3-4-9-17/h10H,3-9H2,1-2H3/b12-10+,14-13-. The van der Waals surface area contributed by atoms with Gasteiger partial charge < -0.3 is 14.4 Å². The highest BCUT2D eigenvalue weighted by Crippen LogP contribution is 2.29. The van der Waals surface area contributed by atoms with Crippen LogP contribution in [0.1, 0.15) is 32.1 Å². The Morgan fingerprint density at radius 1 is 1.00 bits per heavy atom. The van der Waals surface area contributed by atoms with Gasteiger partial charge in [-0.15, -0.1) is 0 Å². The molecular formula is C16H21NO5. The van der Waals surface area contributed by atoms with Crippen molar-refractivity contribution < 1.29 is 23.9 Å². The maximum atomic E-state index is 12.3. The maximum Gasteiger partial charge on any atom is 0.340 e. The molecule has 0 amide bonds. The van der Waals surface area contributed by atoms with Gasteiger partial charge in [0.25, 0.3) is 0 Å². The van der Waals surface area contributed by atoms with Crippen molar-refractivity contribution in [3.05, 3.63) is 22.9 Å². The Hall–Kier alpha value is -2.11. The molecule has 2 rings (SSSR count). The highest BCUT2D eigenvalue weighted by Gasteiger charge is 2.31. The van der Waals surface area contributed by atoms with Crippen LogP contribution in [0.5, 0.6) is 0 Å². The molecule has 0 bridgehead atoms. The predicted molar refractivity (Wildman–Crippen MR) is 78.8 cm³/mol. The Kier molecular flexibility index (Phi) is 5.35. The number of hydrogen-bond donors (Lipinski definition) is 0. The van der Waals surface area contributed by atoms with Crippen molar-refractivity contribution in [2.75, 3.05) is 27.3 Å². The highest BCUT2D eigenvalue weighted by molar-refractivity contribution is 6.11. The van der Waals surface area contributed by atoms with Crippen molar-refractivity contribution in [2.24, 2.45) is 0 Å². The van der Waals surface area contributed by atoms with Crippen LogP contribution in [0.2, 0.25) is 0 Å². The van der Waals surface area contributed by atoms with E-state index in [1.54, 1.807) is 0 Å². The quantitative estimate of drug-likeness (QED) is 0.733. The minimum Gasteiger partial charge on any atom is -0.465 e. The lowest BCUT2D eigenvalue weighted by Gasteiger charge is -2.26. The van der Waals surface area contributed by atoms with E-state index in [-0.39, 0.29) is 16.9 Å². The zero-order valence-electron chi connectivity index (χ0n) is 13.0. The van der Waals surface area contributed by atoms with Gasteiger partial charge in [-0.2, -0.15) is 0 Å². The van der Waals surface area contributed by atoms with Crippen LogP contribution in [0.3, 0.4) is 0 Å². The first-order chi connectivity index (χ1) is 10.6. The molecule has 1 heterocycles. The normalized spacial score (nSPS) is 25.1. The Bertz CT molecular complexity index is 541. The van der Waals surface area contributed by atoms with Gasteiger partial charge >= 0.3 is 11.9 Å². The number of hydrogen-bond acceptors (Lipinski definition) is 6. The van der Waals surface area contributed by atoms with E-state index >= 15 is 0 Å². The molecule has 2 aliphatic rings. The highest BCUT2D eigenvalue weighted by atomic mass is 16.5.